The van der Waals surface area contributed by atoms with Gasteiger partial charge in [-0.05, 0) is 33.1 Å². The van der Waals surface area contributed by atoms with Crippen molar-refractivity contribution in [2.24, 2.45) is 10.9 Å². The number of hydrogen-bond donors (Lipinski definition) is 3. The van der Waals surface area contributed by atoms with Crippen LogP contribution in [0.4, 0.5) is 4.79 Å². The highest BCUT2D eigenvalue weighted by atomic mass is 16.4. The Kier molecular flexibility index (Phi) is 3.98. The number of nitrogens with one attached hydrogen (secondary N) is 1. The molecule has 1 aliphatic rings. The molecule has 6 nitrogen and oxygen atoms in total. The largest absolute Gasteiger partial charge is 0.409 e. The van der Waals surface area contributed by atoms with E-state index in [1.807, 2.05) is 0 Å². The molecule has 0 aromatic heterocycles. The Labute approximate surface area is 95.5 Å². The summed E-state index contributed by atoms with van der Waals surface area (Å²) in [5, 5.41) is 14.3. The predicted molar refractivity (Wildman–Crippen MR) is 61.4 cm³/mol. The summed E-state index contributed by atoms with van der Waals surface area (Å²) in [7, 11) is 0. The molecule has 4 N–H and O–H groups in total. The number of urea groups is 1. The van der Waals surface area contributed by atoms with Crippen LogP contribution in [0.5, 0.6) is 0 Å². The van der Waals surface area contributed by atoms with E-state index < -0.39 is 5.54 Å². The maximum Gasteiger partial charge on any atom is 0.318 e. The van der Waals surface area contributed by atoms with Crippen molar-refractivity contribution in [3.8, 4) is 0 Å². The zero-order valence-electron chi connectivity index (χ0n) is 9.86. The van der Waals surface area contributed by atoms with Crippen molar-refractivity contribution in [3.63, 3.8) is 0 Å². The van der Waals surface area contributed by atoms with Crippen molar-refractivity contribution in [1.82, 2.24) is 10.2 Å². The van der Waals surface area contributed by atoms with E-state index in [0.29, 0.717) is 0 Å². The number of carbonyl (C=O) groups excluding carboxylic acids is 1. The molecule has 1 saturated heterocycles. The van der Waals surface area contributed by atoms with Gasteiger partial charge < -0.3 is 21.2 Å². The molecule has 0 radical (unpaired) electrons. The first-order valence-electron chi connectivity index (χ1n) is 5.52. The van der Waals surface area contributed by atoms with E-state index in [1.54, 1.807) is 18.7 Å². The molecule has 1 heterocycles. The summed E-state index contributed by atoms with van der Waals surface area (Å²) in [4.78, 5) is 13.6. The SMILES string of the molecule is CC(C)(NC(=O)N1CCCCC1)C(N)=NO. The molecule has 0 spiro atoms. The molecular formula is C10H20N4O2. The number of nitrogens with zero attached hydrogens (tertiary/aromatic N) is 2. The number of carbonyl (C=O) groups is 1. The van der Waals surface area contributed by atoms with E-state index in [4.69, 9.17) is 10.9 Å². The first-order valence-corrected chi connectivity index (χ1v) is 5.52. The third kappa shape index (κ3) is 3.01. The minimum atomic E-state index is -0.830. The number of oxime groups is 1. The van der Waals surface area contributed by atoms with Gasteiger partial charge in [0.2, 0.25) is 0 Å². The third-order valence-corrected chi connectivity index (χ3v) is 2.81. The normalized spacial score (nSPS) is 18.4. The monoisotopic (exact) mass is 228 g/mol. The number of amidine groups is 1. The molecule has 0 atom stereocenters. The predicted octanol–water partition coefficient (Wildman–Crippen LogP) is 0.707. The van der Waals surface area contributed by atoms with Crippen molar-refractivity contribution in [2.45, 2.75) is 38.6 Å². The minimum Gasteiger partial charge on any atom is -0.409 e. The Morgan fingerprint density at radius 3 is 2.44 bits per heavy atom. The molecule has 16 heavy (non-hydrogen) atoms. The summed E-state index contributed by atoms with van der Waals surface area (Å²) >= 11 is 0. The molecule has 0 aliphatic carbocycles. The number of amides is 2. The van der Waals surface area contributed by atoms with Crippen molar-refractivity contribution in [2.75, 3.05) is 13.1 Å². The average Bonchev–Trinajstić information content (AvgIpc) is 2.28. The van der Waals surface area contributed by atoms with Crippen LogP contribution in [-0.2, 0) is 0 Å². The lowest BCUT2D eigenvalue weighted by molar-refractivity contribution is 0.180. The standard InChI is InChI=1S/C10H20N4O2/c1-10(2,8(11)13-16)12-9(15)14-6-4-3-5-7-14/h16H,3-7H2,1-2H3,(H2,11,13)(H,12,15). The molecule has 92 valence electrons. The van der Waals surface area contributed by atoms with E-state index in [2.05, 4.69) is 10.5 Å². The van der Waals surface area contributed by atoms with Gasteiger partial charge in [0.25, 0.3) is 0 Å². The lowest BCUT2D eigenvalue weighted by Gasteiger charge is -2.32. The second-order valence-corrected chi connectivity index (χ2v) is 4.59. The van der Waals surface area contributed by atoms with Gasteiger partial charge >= 0.3 is 6.03 Å². The lowest BCUT2D eigenvalue weighted by atomic mass is 10.0. The van der Waals surface area contributed by atoms with Crippen LogP contribution in [0.2, 0.25) is 0 Å². The Hall–Kier alpha value is -1.46. The van der Waals surface area contributed by atoms with Gasteiger partial charge in [-0.15, -0.1) is 0 Å². The number of hydrogen-bond acceptors (Lipinski definition) is 3. The van der Waals surface area contributed by atoms with Gasteiger partial charge in [0.1, 0.15) is 0 Å². The van der Waals surface area contributed by atoms with Gasteiger partial charge in [-0.1, -0.05) is 5.16 Å². The minimum absolute atomic E-state index is 0.00198. The van der Waals surface area contributed by atoms with Crippen LogP contribution in [0.25, 0.3) is 0 Å². The average molecular weight is 228 g/mol. The van der Waals surface area contributed by atoms with Gasteiger partial charge in [0.15, 0.2) is 5.84 Å². The summed E-state index contributed by atoms with van der Waals surface area (Å²) in [5.41, 5.74) is 4.67. The summed E-state index contributed by atoms with van der Waals surface area (Å²) in [6.45, 7) is 4.95. The summed E-state index contributed by atoms with van der Waals surface area (Å²) in [5.74, 6) is -0.00198. The van der Waals surface area contributed by atoms with E-state index in [0.717, 1.165) is 25.9 Å². The number of likely N-dealkylation sites (tertiary alicyclic amines) is 1. The second-order valence-electron chi connectivity index (χ2n) is 4.59. The number of rotatable bonds is 2. The van der Waals surface area contributed by atoms with Crippen molar-refractivity contribution in [3.05, 3.63) is 0 Å². The maximum atomic E-state index is 11.9. The van der Waals surface area contributed by atoms with E-state index in [-0.39, 0.29) is 11.9 Å². The molecule has 1 aliphatic heterocycles. The van der Waals surface area contributed by atoms with E-state index in [1.165, 1.54) is 6.42 Å². The maximum absolute atomic E-state index is 11.9. The zero-order chi connectivity index (χ0) is 12.2. The molecular weight excluding hydrogens is 208 g/mol. The fraction of sp³-hybridized carbons (Fsp3) is 0.800. The fourth-order valence-corrected chi connectivity index (χ4v) is 1.63. The van der Waals surface area contributed by atoms with Crippen LogP contribution < -0.4 is 11.1 Å². The highest BCUT2D eigenvalue weighted by molar-refractivity contribution is 5.92. The molecule has 0 aromatic rings. The summed E-state index contributed by atoms with van der Waals surface area (Å²) < 4.78 is 0. The van der Waals surface area contributed by atoms with Gasteiger partial charge in [0.05, 0.1) is 5.54 Å². The summed E-state index contributed by atoms with van der Waals surface area (Å²) in [6, 6.07) is -0.156. The summed E-state index contributed by atoms with van der Waals surface area (Å²) in [6.07, 6.45) is 3.25. The molecule has 0 bridgehead atoms. The Morgan fingerprint density at radius 1 is 1.38 bits per heavy atom. The van der Waals surface area contributed by atoms with Gasteiger partial charge in [-0.3, -0.25) is 0 Å². The first-order chi connectivity index (χ1) is 7.47. The van der Waals surface area contributed by atoms with E-state index >= 15 is 0 Å². The highest BCUT2D eigenvalue weighted by Gasteiger charge is 2.28. The van der Waals surface area contributed by atoms with Gasteiger partial charge in [-0.2, -0.15) is 0 Å². The molecule has 0 unspecified atom stereocenters. The van der Waals surface area contributed by atoms with Crippen LogP contribution in [0.15, 0.2) is 5.16 Å². The molecule has 1 fully saturated rings. The third-order valence-electron chi connectivity index (χ3n) is 2.81. The second kappa shape index (κ2) is 5.05. The highest BCUT2D eigenvalue weighted by Crippen LogP contribution is 2.10. The van der Waals surface area contributed by atoms with Crippen LogP contribution >= 0.6 is 0 Å². The van der Waals surface area contributed by atoms with Crippen molar-refractivity contribution >= 4 is 11.9 Å². The fourth-order valence-electron chi connectivity index (χ4n) is 1.63. The molecule has 2 amide bonds. The van der Waals surface area contributed by atoms with Crippen molar-refractivity contribution in [1.29, 1.82) is 0 Å². The van der Waals surface area contributed by atoms with Crippen LogP contribution in [0.1, 0.15) is 33.1 Å². The van der Waals surface area contributed by atoms with Crippen LogP contribution in [-0.4, -0.2) is 40.6 Å². The quantitative estimate of drug-likeness (QED) is 0.281. The lowest BCUT2D eigenvalue weighted by Crippen LogP contribution is -2.57. The molecule has 1 rings (SSSR count). The van der Waals surface area contributed by atoms with Gasteiger partial charge in [-0.25, -0.2) is 4.79 Å². The zero-order valence-corrected chi connectivity index (χ0v) is 9.86. The van der Waals surface area contributed by atoms with E-state index in [9.17, 15) is 4.79 Å². The first kappa shape index (κ1) is 12.6. The van der Waals surface area contributed by atoms with Crippen LogP contribution in [0, 0.1) is 0 Å². The smallest absolute Gasteiger partial charge is 0.318 e. The Bertz CT molecular complexity index is 283. The topological polar surface area (TPSA) is 91.0 Å². The van der Waals surface area contributed by atoms with Crippen LogP contribution in [0.3, 0.4) is 0 Å². The molecule has 0 saturated carbocycles. The Balaban J connectivity index is 2.55. The van der Waals surface area contributed by atoms with Crippen molar-refractivity contribution < 1.29 is 10.0 Å². The molecule has 6 heteroatoms. The number of nitrogens with two attached hydrogens (primary N) is 1. The Morgan fingerprint density at radius 2 is 1.94 bits per heavy atom. The van der Waals surface area contributed by atoms with Gasteiger partial charge in [0, 0.05) is 13.1 Å². The number of piperidine rings is 1. The molecule has 0 aromatic carbocycles.